The molecule has 3 heterocycles. The zero-order valence-electron chi connectivity index (χ0n) is 13.4. The molecule has 0 unspecified atom stereocenters. The zero-order chi connectivity index (χ0) is 16.2. The highest BCUT2D eigenvalue weighted by molar-refractivity contribution is 6.29. The van der Waals surface area contributed by atoms with Crippen molar-refractivity contribution in [2.45, 2.75) is 32.3 Å². The second-order valence-electron chi connectivity index (χ2n) is 6.16. The van der Waals surface area contributed by atoms with Crippen LogP contribution in [0.3, 0.4) is 0 Å². The van der Waals surface area contributed by atoms with Gasteiger partial charge in [0.2, 0.25) is 5.91 Å². The highest BCUT2D eigenvalue weighted by Gasteiger charge is 2.31. The lowest BCUT2D eigenvalue weighted by Gasteiger charge is -2.37. The van der Waals surface area contributed by atoms with E-state index < -0.39 is 0 Å². The SMILES string of the molecule is CC[C@H]1CN(C(=O)C2CCN(c3ccc(Cl)nn3)CC2)CCO1. The maximum atomic E-state index is 12.7. The minimum Gasteiger partial charge on any atom is -0.375 e. The first kappa shape index (κ1) is 16.5. The lowest BCUT2D eigenvalue weighted by molar-refractivity contribution is -0.143. The van der Waals surface area contributed by atoms with Gasteiger partial charge >= 0.3 is 0 Å². The maximum absolute atomic E-state index is 12.7. The molecular formula is C16H23ClN4O2. The molecule has 1 amide bonds. The Bertz CT molecular complexity index is 531. The molecule has 0 bridgehead atoms. The first-order chi connectivity index (χ1) is 11.2. The number of halogens is 1. The van der Waals surface area contributed by atoms with Gasteiger partial charge in [-0.25, -0.2) is 0 Å². The minimum atomic E-state index is 0.113. The van der Waals surface area contributed by atoms with E-state index in [2.05, 4.69) is 22.0 Å². The summed E-state index contributed by atoms with van der Waals surface area (Å²) >= 11 is 5.77. The van der Waals surface area contributed by atoms with Crippen LogP contribution in [0.4, 0.5) is 5.82 Å². The average Bonchev–Trinajstić information content (AvgIpc) is 2.62. The first-order valence-electron chi connectivity index (χ1n) is 8.32. The number of hydrogen-bond acceptors (Lipinski definition) is 5. The molecule has 7 heteroatoms. The summed E-state index contributed by atoms with van der Waals surface area (Å²) in [7, 11) is 0. The fourth-order valence-corrected chi connectivity index (χ4v) is 3.36. The van der Waals surface area contributed by atoms with Crippen molar-refractivity contribution in [2.75, 3.05) is 37.7 Å². The van der Waals surface area contributed by atoms with Crippen molar-refractivity contribution in [3.05, 3.63) is 17.3 Å². The highest BCUT2D eigenvalue weighted by atomic mass is 35.5. The summed E-state index contributed by atoms with van der Waals surface area (Å²) in [6.07, 6.45) is 2.86. The second-order valence-corrected chi connectivity index (χ2v) is 6.55. The van der Waals surface area contributed by atoms with Crippen LogP contribution in [0.25, 0.3) is 0 Å². The molecule has 0 spiro atoms. The number of rotatable bonds is 3. The monoisotopic (exact) mass is 338 g/mol. The quantitative estimate of drug-likeness (QED) is 0.843. The molecule has 3 rings (SSSR count). The van der Waals surface area contributed by atoms with E-state index >= 15 is 0 Å². The molecule has 0 aromatic carbocycles. The van der Waals surface area contributed by atoms with Crippen molar-refractivity contribution in [3.8, 4) is 0 Å². The lowest BCUT2D eigenvalue weighted by Crippen LogP contribution is -2.49. The molecule has 0 N–H and O–H groups in total. The van der Waals surface area contributed by atoms with Crippen LogP contribution >= 0.6 is 11.6 Å². The molecule has 2 aliphatic rings. The largest absolute Gasteiger partial charge is 0.375 e. The van der Waals surface area contributed by atoms with Crippen molar-refractivity contribution in [3.63, 3.8) is 0 Å². The second kappa shape index (κ2) is 7.45. The predicted octanol–water partition coefficient (Wildman–Crippen LogP) is 1.98. The topological polar surface area (TPSA) is 58.6 Å². The fourth-order valence-electron chi connectivity index (χ4n) is 3.26. The van der Waals surface area contributed by atoms with E-state index in [1.165, 1.54) is 0 Å². The van der Waals surface area contributed by atoms with E-state index in [-0.39, 0.29) is 17.9 Å². The Kier molecular flexibility index (Phi) is 5.33. The number of hydrogen-bond donors (Lipinski definition) is 0. The summed E-state index contributed by atoms with van der Waals surface area (Å²) in [6, 6.07) is 3.63. The molecule has 2 saturated heterocycles. The summed E-state index contributed by atoms with van der Waals surface area (Å²) < 4.78 is 5.65. The van der Waals surface area contributed by atoms with Crippen LogP contribution in [0.1, 0.15) is 26.2 Å². The standard InChI is InChI=1S/C16H23ClN4O2/c1-2-13-11-21(9-10-23-13)16(22)12-5-7-20(8-6-12)15-4-3-14(17)18-19-15/h3-4,12-13H,2,5-11H2,1H3/t13-/m0/s1. The molecule has 0 aliphatic carbocycles. The van der Waals surface area contributed by atoms with Crippen LogP contribution < -0.4 is 4.90 Å². The average molecular weight is 339 g/mol. The van der Waals surface area contributed by atoms with Gasteiger partial charge in [0.25, 0.3) is 0 Å². The number of aromatic nitrogens is 2. The van der Waals surface area contributed by atoms with Crippen LogP contribution in [0.5, 0.6) is 0 Å². The highest BCUT2D eigenvalue weighted by Crippen LogP contribution is 2.24. The van der Waals surface area contributed by atoms with Gasteiger partial charge in [-0.15, -0.1) is 10.2 Å². The Hall–Kier alpha value is -1.40. The Morgan fingerprint density at radius 1 is 1.30 bits per heavy atom. The van der Waals surface area contributed by atoms with Gasteiger partial charge in [0.15, 0.2) is 11.0 Å². The molecule has 0 saturated carbocycles. The Balaban J connectivity index is 1.54. The number of carbonyl (C=O) groups excluding carboxylic acids is 1. The Morgan fingerprint density at radius 2 is 2.09 bits per heavy atom. The van der Waals surface area contributed by atoms with Crippen LogP contribution in [0.2, 0.25) is 5.15 Å². The number of carbonyl (C=O) groups is 1. The molecule has 0 radical (unpaired) electrons. The number of piperidine rings is 1. The van der Waals surface area contributed by atoms with Gasteiger partial charge in [0.1, 0.15) is 0 Å². The van der Waals surface area contributed by atoms with Crippen molar-refractivity contribution in [1.29, 1.82) is 0 Å². The normalized spacial score (nSPS) is 23.1. The van der Waals surface area contributed by atoms with E-state index in [1.54, 1.807) is 6.07 Å². The first-order valence-corrected chi connectivity index (χ1v) is 8.69. The Labute approximate surface area is 141 Å². The van der Waals surface area contributed by atoms with Crippen molar-refractivity contribution >= 4 is 23.3 Å². The molecule has 1 aromatic heterocycles. The van der Waals surface area contributed by atoms with Crippen molar-refractivity contribution < 1.29 is 9.53 Å². The number of ether oxygens (including phenoxy) is 1. The van der Waals surface area contributed by atoms with Crippen LogP contribution in [-0.4, -0.2) is 59.9 Å². The number of morpholine rings is 1. The molecule has 2 fully saturated rings. The summed E-state index contributed by atoms with van der Waals surface area (Å²) in [6.45, 7) is 5.87. The third-order valence-electron chi connectivity index (χ3n) is 4.69. The molecule has 126 valence electrons. The predicted molar refractivity (Wildman–Crippen MR) is 88.6 cm³/mol. The van der Waals surface area contributed by atoms with Gasteiger partial charge in [0, 0.05) is 32.1 Å². The van der Waals surface area contributed by atoms with Crippen molar-refractivity contribution in [1.82, 2.24) is 15.1 Å². The summed E-state index contributed by atoms with van der Waals surface area (Å²) in [5.74, 6) is 1.23. The van der Waals surface area contributed by atoms with E-state index in [0.717, 1.165) is 51.3 Å². The fraction of sp³-hybridized carbons (Fsp3) is 0.688. The minimum absolute atomic E-state index is 0.113. The third kappa shape index (κ3) is 3.93. The van der Waals surface area contributed by atoms with Crippen LogP contribution in [0.15, 0.2) is 12.1 Å². The van der Waals surface area contributed by atoms with E-state index in [9.17, 15) is 4.79 Å². The van der Waals surface area contributed by atoms with Gasteiger partial charge in [-0.2, -0.15) is 0 Å². The van der Waals surface area contributed by atoms with Gasteiger partial charge in [0.05, 0.1) is 12.7 Å². The smallest absolute Gasteiger partial charge is 0.225 e. The molecular weight excluding hydrogens is 316 g/mol. The molecule has 23 heavy (non-hydrogen) atoms. The van der Waals surface area contributed by atoms with Gasteiger partial charge in [-0.05, 0) is 31.4 Å². The lowest BCUT2D eigenvalue weighted by atomic mass is 9.95. The van der Waals surface area contributed by atoms with Crippen molar-refractivity contribution in [2.24, 2.45) is 5.92 Å². The summed E-state index contributed by atoms with van der Waals surface area (Å²) in [5.41, 5.74) is 0. The maximum Gasteiger partial charge on any atom is 0.225 e. The zero-order valence-corrected chi connectivity index (χ0v) is 14.2. The number of nitrogens with zero attached hydrogens (tertiary/aromatic N) is 4. The van der Waals surface area contributed by atoms with Crippen LogP contribution in [0, 0.1) is 5.92 Å². The number of anilines is 1. The molecule has 2 aliphatic heterocycles. The van der Waals surface area contributed by atoms with E-state index in [1.807, 2.05) is 11.0 Å². The van der Waals surface area contributed by atoms with Gasteiger partial charge < -0.3 is 14.5 Å². The molecule has 1 aromatic rings. The van der Waals surface area contributed by atoms with Gasteiger partial charge in [-0.3, -0.25) is 4.79 Å². The molecule has 1 atom stereocenters. The Morgan fingerprint density at radius 3 is 2.74 bits per heavy atom. The molecule has 6 nitrogen and oxygen atoms in total. The third-order valence-corrected chi connectivity index (χ3v) is 4.89. The van der Waals surface area contributed by atoms with E-state index in [0.29, 0.717) is 11.8 Å². The van der Waals surface area contributed by atoms with Gasteiger partial charge in [-0.1, -0.05) is 18.5 Å². The number of amides is 1. The van der Waals surface area contributed by atoms with Crippen LogP contribution in [-0.2, 0) is 9.53 Å². The van der Waals surface area contributed by atoms with E-state index in [4.69, 9.17) is 16.3 Å². The summed E-state index contributed by atoms with van der Waals surface area (Å²) in [4.78, 5) is 16.9. The summed E-state index contributed by atoms with van der Waals surface area (Å²) in [5, 5.41) is 8.40.